The second kappa shape index (κ2) is 7.76. The number of aryl methyl sites for hydroxylation is 2. The Kier molecular flexibility index (Phi) is 5.45. The molecule has 7 heteroatoms. The number of aromatic nitrogens is 3. The topological polar surface area (TPSA) is 71.8 Å². The number of hydrogen-bond acceptors (Lipinski definition) is 5. The number of rotatable bonds is 7. The maximum atomic E-state index is 12.8. The molecule has 3 rings (SSSR count). The molecule has 3 aromatic heterocycles. The fourth-order valence-corrected chi connectivity index (χ4v) is 3.52. The number of amides is 1. The smallest absolute Gasteiger partial charge is 0.252 e. The van der Waals surface area contributed by atoms with Crippen LogP contribution < -0.4 is 10.6 Å². The lowest BCUT2D eigenvalue weighted by Crippen LogP contribution is -2.32. The van der Waals surface area contributed by atoms with Crippen LogP contribution in [0, 0.1) is 6.92 Å². The van der Waals surface area contributed by atoms with Crippen molar-refractivity contribution in [1.29, 1.82) is 0 Å². The van der Waals surface area contributed by atoms with Crippen molar-refractivity contribution in [3.63, 3.8) is 0 Å². The first-order valence-corrected chi connectivity index (χ1v) is 9.37. The first-order chi connectivity index (χ1) is 12.1. The molecule has 2 N–H and O–H groups in total. The molecule has 0 spiro atoms. The molecule has 0 unspecified atom stereocenters. The molecular formula is C18H23N5OS. The molecule has 0 aliphatic rings. The third kappa shape index (κ3) is 3.72. The maximum Gasteiger partial charge on any atom is 0.252 e. The fraction of sp³-hybridized carbons (Fsp3) is 0.389. The number of thiophene rings is 1. The molecule has 25 heavy (non-hydrogen) atoms. The van der Waals surface area contributed by atoms with E-state index in [-0.39, 0.29) is 5.91 Å². The summed E-state index contributed by atoms with van der Waals surface area (Å²) in [5.74, 6) is -0.0837. The summed E-state index contributed by atoms with van der Waals surface area (Å²) in [7, 11) is 1.86. The molecule has 132 valence electrons. The van der Waals surface area contributed by atoms with E-state index in [1.165, 1.54) is 0 Å². The summed E-state index contributed by atoms with van der Waals surface area (Å²) in [6.07, 6.45) is 1.08. The highest BCUT2D eigenvalue weighted by Crippen LogP contribution is 2.29. The second-order valence-corrected chi connectivity index (χ2v) is 6.89. The average Bonchev–Trinajstić information content (AvgIpc) is 3.23. The van der Waals surface area contributed by atoms with Gasteiger partial charge in [0.05, 0.1) is 27.2 Å². The van der Waals surface area contributed by atoms with Crippen molar-refractivity contribution in [2.24, 2.45) is 7.05 Å². The van der Waals surface area contributed by atoms with Crippen LogP contribution in [0.1, 0.15) is 29.4 Å². The number of fused-ring (bicyclic) bond motifs is 1. The predicted octanol–water partition coefficient (Wildman–Crippen LogP) is 2.73. The quantitative estimate of drug-likeness (QED) is 0.638. The van der Waals surface area contributed by atoms with Crippen LogP contribution in [-0.4, -0.2) is 40.3 Å². The van der Waals surface area contributed by atoms with Crippen LogP contribution in [0.4, 0.5) is 0 Å². The lowest BCUT2D eigenvalue weighted by atomic mass is 10.1. The van der Waals surface area contributed by atoms with Crippen molar-refractivity contribution in [1.82, 2.24) is 25.4 Å². The Morgan fingerprint density at radius 2 is 2.16 bits per heavy atom. The molecule has 0 aliphatic carbocycles. The summed E-state index contributed by atoms with van der Waals surface area (Å²) in [6.45, 7) is 6.35. The highest BCUT2D eigenvalue weighted by atomic mass is 32.1. The Bertz CT molecular complexity index is 869. The molecule has 1 amide bonds. The summed E-state index contributed by atoms with van der Waals surface area (Å²) in [5, 5.41) is 13.6. The van der Waals surface area contributed by atoms with Crippen molar-refractivity contribution in [2.75, 3.05) is 19.6 Å². The summed E-state index contributed by atoms with van der Waals surface area (Å²) >= 11 is 1.61. The lowest BCUT2D eigenvalue weighted by molar-refractivity contribution is 0.0955. The van der Waals surface area contributed by atoms with Crippen molar-refractivity contribution in [2.45, 2.75) is 20.3 Å². The highest BCUT2D eigenvalue weighted by Gasteiger charge is 2.19. The van der Waals surface area contributed by atoms with Crippen LogP contribution in [-0.2, 0) is 7.05 Å². The maximum absolute atomic E-state index is 12.8. The number of pyridine rings is 1. The summed E-state index contributed by atoms with van der Waals surface area (Å²) < 4.78 is 1.74. The SMILES string of the molecule is CCCNCCNC(=O)c1cc(-c2cccs2)nc2c1c(C)nn2C. The van der Waals surface area contributed by atoms with E-state index in [1.54, 1.807) is 16.0 Å². The van der Waals surface area contributed by atoms with E-state index in [1.807, 2.05) is 37.6 Å². The van der Waals surface area contributed by atoms with Gasteiger partial charge in [-0.1, -0.05) is 13.0 Å². The molecule has 3 aromatic rings. The normalized spacial score (nSPS) is 11.2. The molecule has 0 saturated heterocycles. The Morgan fingerprint density at radius 3 is 2.88 bits per heavy atom. The highest BCUT2D eigenvalue weighted by molar-refractivity contribution is 7.13. The number of hydrogen-bond donors (Lipinski definition) is 2. The molecular weight excluding hydrogens is 334 g/mol. The first kappa shape index (κ1) is 17.6. The molecule has 0 aromatic carbocycles. The van der Waals surface area contributed by atoms with Gasteiger partial charge in [-0.05, 0) is 37.4 Å². The predicted molar refractivity (Wildman–Crippen MR) is 102 cm³/mol. The fourth-order valence-electron chi connectivity index (χ4n) is 2.84. The molecule has 0 radical (unpaired) electrons. The molecule has 0 saturated carbocycles. The largest absolute Gasteiger partial charge is 0.351 e. The Balaban J connectivity index is 1.93. The van der Waals surface area contributed by atoms with Gasteiger partial charge >= 0.3 is 0 Å². The molecule has 0 fully saturated rings. The molecule has 6 nitrogen and oxygen atoms in total. The zero-order valence-electron chi connectivity index (χ0n) is 14.8. The van der Waals surface area contributed by atoms with E-state index in [9.17, 15) is 4.79 Å². The Hall–Kier alpha value is -2.25. The minimum Gasteiger partial charge on any atom is -0.351 e. The van der Waals surface area contributed by atoms with Crippen LogP contribution >= 0.6 is 11.3 Å². The zero-order chi connectivity index (χ0) is 17.8. The lowest BCUT2D eigenvalue weighted by Gasteiger charge is -2.09. The van der Waals surface area contributed by atoms with Crippen molar-refractivity contribution in [3.8, 4) is 10.6 Å². The van der Waals surface area contributed by atoms with Crippen molar-refractivity contribution in [3.05, 3.63) is 34.8 Å². The van der Waals surface area contributed by atoms with Gasteiger partial charge in [0, 0.05) is 20.1 Å². The molecule has 3 heterocycles. The summed E-state index contributed by atoms with van der Waals surface area (Å²) in [6, 6.07) is 5.87. The average molecular weight is 357 g/mol. The summed E-state index contributed by atoms with van der Waals surface area (Å²) in [5.41, 5.74) is 2.99. The first-order valence-electron chi connectivity index (χ1n) is 8.49. The third-order valence-corrected chi connectivity index (χ3v) is 4.89. The van der Waals surface area contributed by atoms with Gasteiger partial charge in [0.15, 0.2) is 5.65 Å². The number of nitrogens with zero attached hydrogens (tertiary/aromatic N) is 3. The minimum atomic E-state index is -0.0837. The molecule has 0 atom stereocenters. The van der Waals surface area contributed by atoms with Gasteiger partial charge in [-0.25, -0.2) is 4.98 Å². The van der Waals surface area contributed by atoms with Gasteiger partial charge in [-0.2, -0.15) is 5.10 Å². The van der Waals surface area contributed by atoms with Crippen LogP contribution in [0.5, 0.6) is 0 Å². The van der Waals surface area contributed by atoms with E-state index in [2.05, 4.69) is 22.7 Å². The van der Waals surface area contributed by atoms with Crippen LogP contribution in [0.3, 0.4) is 0 Å². The second-order valence-electron chi connectivity index (χ2n) is 5.95. The monoisotopic (exact) mass is 357 g/mol. The molecule has 0 aliphatic heterocycles. The van der Waals surface area contributed by atoms with Gasteiger partial charge in [-0.15, -0.1) is 11.3 Å². The van der Waals surface area contributed by atoms with Crippen molar-refractivity contribution < 1.29 is 4.79 Å². The van der Waals surface area contributed by atoms with Gasteiger partial charge in [0.2, 0.25) is 0 Å². The Labute approximate surface area is 151 Å². The van der Waals surface area contributed by atoms with Crippen LogP contribution in [0.2, 0.25) is 0 Å². The minimum absolute atomic E-state index is 0.0837. The van der Waals surface area contributed by atoms with Crippen molar-refractivity contribution >= 4 is 28.3 Å². The van der Waals surface area contributed by atoms with E-state index in [4.69, 9.17) is 4.98 Å². The van der Waals surface area contributed by atoms with Gasteiger partial charge in [0.1, 0.15) is 0 Å². The van der Waals surface area contributed by atoms with Crippen LogP contribution in [0.25, 0.3) is 21.6 Å². The van der Waals surface area contributed by atoms with Gasteiger partial charge < -0.3 is 10.6 Å². The van der Waals surface area contributed by atoms with Crippen LogP contribution in [0.15, 0.2) is 23.6 Å². The van der Waals surface area contributed by atoms with E-state index >= 15 is 0 Å². The Morgan fingerprint density at radius 1 is 1.32 bits per heavy atom. The zero-order valence-corrected chi connectivity index (χ0v) is 15.6. The number of carbonyl (C=O) groups is 1. The van der Waals surface area contributed by atoms with E-state index in [0.29, 0.717) is 12.1 Å². The van der Waals surface area contributed by atoms with Gasteiger partial charge in [-0.3, -0.25) is 9.48 Å². The number of nitrogens with one attached hydrogen (secondary N) is 2. The standard InChI is InChI=1S/C18H23N5OS/c1-4-7-19-8-9-20-18(24)13-11-14(15-6-5-10-25-15)21-17-16(13)12(2)22-23(17)3/h5-6,10-11,19H,4,7-9H2,1-3H3,(H,20,24). The number of carbonyl (C=O) groups excluding carboxylic acids is 1. The van der Waals surface area contributed by atoms with E-state index < -0.39 is 0 Å². The van der Waals surface area contributed by atoms with E-state index in [0.717, 1.165) is 46.8 Å². The summed E-state index contributed by atoms with van der Waals surface area (Å²) in [4.78, 5) is 18.5. The third-order valence-electron chi connectivity index (χ3n) is 4.00. The van der Waals surface area contributed by atoms with Gasteiger partial charge in [0.25, 0.3) is 5.91 Å². The molecule has 0 bridgehead atoms.